The lowest BCUT2D eigenvalue weighted by molar-refractivity contribution is -0.121. The molecule has 0 aliphatic carbocycles. The molecule has 2 amide bonds. The van der Waals surface area contributed by atoms with Crippen LogP contribution in [0.5, 0.6) is 0 Å². The van der Waals surface area contributed by atoms with Gasteiger partial charge in [-0.2, -0.15) is 0 Å². The van der Waals surface area contributed by atoms with Gasteiger partial charge in [0.25, 0.3) is 5.91 Å². The molecule has 0 unspecified atom stereocenters. The van der Waals surface area contributed by atoms with Crippen molar-refractivity contribution >= 4 is 28.3 Å². The second kappa shape index (κ2) is 7.90. The largest absolute Gasteiger partial charge is 0.338 e. The van der Waals surface area contributed by atoms with Crippen LogP contribution in [0, 0.1) is 11.7 Å². The van der Waals surface area contributed by atoms with E-state index >= 15 is 0 Å². The first-order valence-electron chi connectivity index (χ1n) is 8.63. The lowest BCUT2D eigenvalue weighted by Gasteiger charge is -2.32. The van der Waals surface area contributed by atoms with Crippen LogP contribution in [0.25, 0.3) is 0 Å². The number of halogens is 1. The van der Waals surface area contributed by atoms with Gasteiger partial charge in [-0.15, -0.1) is 10.2 Å². The SMILES string of the molecule is CC(C)c1nnc(NC(=O)[C@H]2CCCN(C(=O)c3ccc(F)cc3)C2)s1. The molecule has 26 heavy (non-hydrogen) atoms. The molecule has 6 nitrogen and oxygen atoms in total. The summed E-state index contributed by atoms with van der Waals surface area (Å²) in [7, 11) is 0. The Morgan fingerprint density at radius 2 is 2.00 bits per heavy atom. The van der Waals surface area contributed by atoms with Gasteiger partial charge in [0.05, 0.1) is 5.92 Å². The van der Waals surface area contributed by atoms with E-state index in [1.54, 1.807) is 4.90 Å². The second-order valence-electron chi connectivity index (χ2n) is 6.69. The predicted octanol–water partition coefficient (Wildman–Crippen LogP) is 3.29. The third-order valence-corrected chi connectivity index (χ3v) is 5.47. The van der Waals surface area contributed by atoms with Crippen LogP contribution in [0.4, 0.5) is 9.52 Å². The van der Waals surface area contributed by atoms with Crippen LogP contribution < -0.4 is 5.32 Å². The summed E-state index contributed by atoms with van der Waals surface area (Å²) < 4.78 is 13.0. The first kappa shape index (κ1) is 18.4. The van der Waals surface area contributed by atoms with Gasteiger partial charge in [0.1, 0.15) is 10.8 Å². The molecular formula is C18H21FN4O2S. The van der Waals surface area contributed by atoms with Crippen LogP contribution >= 0.6 is 11.3 Å². The van der Waals surface area contributed by atoms with E-state index in [2.05, 4.69) is 15.5 Å². The average Bonchev–Trinajstić information content (AvgIpc) is 3.11. The molecule has 1 saturated heterocycles. The van der Waals surface area contributed by atoms with E-state index in [4.69, 9.17) is 0 Å². The van der Waals surface area contributed by atoms with Gasteiger partial charge in [0.2, 0.25) is 11.0 Å². The Kier molecular flexibility index (Phi) is 5.61. The van der Waals surface area contributed by atoms with E-state index in [-0.39, 0.29) is 29.5 Å². The second-order valence-corrected chi connectivity index (χ2v) is 7.70. The number of nitrogens with zero attached hydrogens (tertiary/aromatic N) is 3. The number of rotatable bonds is 4. The fourth-order valence-corrected chi connectivity index (χ4v) is 3.63. The maximum absolute atomic E-state index is 13.0. The van der Waals surface area contributed by atoms with E-state index in [0.29, 0.717) is 23.8 Å². The molecular weight excluding hydrogens is 355 g/mol. The summed E-state index contributed by atoms with van der Waals surface area (Å²) >= 11 is 1.37. The lowest BCUT2D eigenvalue weighted by atomic mass is 9.96. The van der Waals surface area contributed by atoms with E-state index in [0.717, 1.165) is 17.8 Å². The zero-order valence-corrected chi connectivity index (χ0v) is 15.6. The molecule has 138 valence electrons. The van der Waals surface area contributed by atoms with Gasteiger partial charge in [-0.3, -0.25) is 9.59 Å². The number of aromatic nitrogens is 2. The summed E-state index contributed by atoms with van der Waals surface area (Å²) in [6.07, 6.45) is 1.47. The maximum Gasteiger partial charge on any atom is 0.253 e. The summed E-state index contributed by atoms with van der Waals surface area (Å²) in [4.78, 5) is 26.8. The molecule has 2 aromatic rings. The third-order valence-electron chi connectivity index (χ3n) is 4.34. The van der Waals surface area contributed by atoms with Gasteiger partial charge >= 0.3 is 0 Å². The van der Waals surface area contributed by atoms with Crippen molar-refractivity contribution in [3.05, 3.63) is 40.7 Å². The number of anilines is 1. The molecule has 2 heterocycles. The Morgan fingerprint density at radius 3 is 2.65 bits per heavy atom. The van der Waals surface area contributed by atoms with Gasteiger partial charge in [-0.1, -0.05) is 25.2 Å². The highest BCUT2D eigenvalue weighted by Crippen LogP contribution is 2.25. The number of benzene rings is 1. The van der Waals surface area contributed by atoms with E-state index in [9.17, 15) is 14.0 Å². The smallest absolute Gasteiger partial charge is 0.253 e. The van der Waals surface area contributed by atoms with Crippen molar-refractivity contribution in [3.8, 4) is 0 Å². The first-order chi connectivity index (χ1) is 12.4. The molecule has 1 aromatic carbocycles. The molecule has 0 spiro atoms. The number of carbonyl (C=O) groups is 2. The van der Waals surface area contributed by atoms with Crippen molar-refractivity contribution in [1.82, 2.24) is 15.1 Å². The highest BCUT2D eigenvalue weighted by Gasteiger charge is 2.29. The van der Waals surface area contributed by atoms with Crippen molar-refractivity contribution in [2.75, 3.05) is 18.4 Å². The fraction of sp³-hybridized carbons (Fsp3) is 0.444. The Morgan fingerprint density at radius 1 is 1.27 bits per heavy atom. The quantitative estimate of drug-likeness (QED) is 0.888. The van der Waals surface area contributed by atoms with Crippen LogP contribution in [0.3, 0.4) is 0 Å². The third kappa shape index (κ3) is 4.24. The molecule has 1 aliphatic heterocycles. The van der Waals surface area contributed by atoms with Crippen LogP contribution in [-0.2, 0) is 4.79 Å². The van der Waals surface area contributed by atoms with E-state index < -0.39 is 0 Å². The van der Waals surface area contributed by atoms with Crippen molar-refractivity contribution in [2.24, 2.45) is 5.92 Å². The number of amides is 2. The summed E-state index contributed by atoms with van der Waals surface area (Å²) in [6.45, 7) is 4.98. The molecule has 1 aromatic heterocycles. The molecule has 1 N–H and O–H groups in total. The van der Waals surface area contributed by atoms with Crippen LogP contribution in [-0.4, -0.2) is 40.0 Å². The van der Waals surface area contributed by atoms with Crippen molar-refractivity contribution in [2.45, 2.75) is 32.6 Å². The van der Waals surface area contributed by atoms with Crippen molar-refractivity contribution < 1.29 is 14.0 Å². The summed E-state index contributed by atoms with van der Waals surface area (Å²) in [5.41, 5.74) is 0.429. The van der Waals surface area contributed by atoms with Gasteiger partial charge in [-0.05, 0) is 37.1 Å². The molecule has 1 fully saturated rings. The highest BCUT2D eigenvalue weighted by atomic mass is 32.1. The monoisotopic (exact) mass is 376 g/mol. The van der Waals surface area contributed by atoms with Gasteiger partial charge in [0, 0.05) is 24.6 Å². The standard InChI is InChI=1S/C18H21FN4O2S/c1-11(2)16-21-22-18(26-16)20-15(24)13-4-3-9-23(10-13)17(25)12-5-7-14(19)8-6-12/h5-8,11,13H,3-4,9-10H2,1-2H3,(H,20,22,24)/t13-/m0/s1. The van der Waals surface area contributed by atoms with Crippen molar-refractivity contribution in [3.63, 3.8) is 0 Å². The maximum atomic E-state index is 13.0. The lowest BCUT2D eigenvalue weighted by Crippen LogP contribution is -2.43. The first-order valence-corrected chi connectivity index (χ1v) is 9.45. The van der Waals surface area contributed by atoms with E-state index in [1.165, 1.54) is 35.6 Å². The summed E-state index contributed by atoms with van der Waals surface area (Å²) in [5.74, 6) is -0.736. The molecule has 1 aliphatic rings. The summed E-state index contributed by atoms with van der Waals surface area (Å²) in [6, 6.07) is 5.47. The number of carbonyl (C=O) groups excluding carboxylic acids is 2. The van der Waals surface area contributed by atoms with Gasteiger partial charge in [0.15, 0.2) is 0 Å². The normalized spacial score (nSPS) is 17.4. The Hall–Kier alpha value is -2.35. The minimum atomic E-state index is -0.379. The predicted molar refractivity (Wildman–Crippen MR) is 97.7 cm³/mol. The molecule has 8 heteroatoms. The van der Waals surface area contributed by atoms with Gasteiger partial charge < -0.3 is 10.2 Å². The Balaban J connectivity index is 1.62. The molecule has 0 radical (unpaired) electrons. The molecule has 0 saturated carbocycles. The number of piperidine rings is 1. The number of hydrogen-bond donors (Lipinski definition) is 1. The summed E-state index contributed by atoms with van der Waals surface area (Å²) in [5, 5.41) is 12.2. The Bertz CT molecular complexity index is 791. The molecule has 0 bridgehead atoms. The molecule has 1 atom stereocenters. The Labute approximate surface area is 155 Å². The topological polar surface area (TPSA) is 75.2 Å². The minimum absolute atomic E-state index is 0.145. The zero-order valence-electron chi connectivity index (χ0n) is 14.7. The molecule has 3 rings (SSSR count). The van der Waals surface area contributed by atoms with Crippen molar-refractivity contribution in [1.29, 1.82) is 0 Å². The van der Waals surface area contributed by atoms with Crippen LogP contribution in [0.2, 0.25) is 0 Å². The van der Waals surface area contributed by atoms with Crippen LogP contribution in [0.15, 0.2) is 24.3 Å². The fourth-order valence-electron chi connectivity index (χ4n) is 2.88. The van der Waals surface area contributed by atoms with Crippen LogP contribution in [0.1, 0.15) is 48.0 Å². The number of likely N-dealkylation sites (tertiary alicyclic amines) is 1. The zero-order chi connectivity index (χ0) is 18.7. The minimum Gasteiger partial charge on any atom is -0.338 e. The highest BCUT2D eigenvalue weighted by molar-refractivity contribution is 7.15. The van der Waals surface area contributed by atoms with Gasteiger partial charge in [-0.25, -0.2) is 4.39 Å². The number of nitrogens with one attached hydrogen (secondary N) is 1. The van der Waals surface area contributed by atoms with E-state index in [1.807, 2.05) is 13.8 Å². The number of hydrogen-bond acceptors (Lipinski definition) is 5. The average molecular weight is 376 g/mol.